The number of para-hydroxylation sites is 1. The molecule has 3 aromatic carbocycles. The summed E-state index contributed by atoms with van der Waals surface area (Å²) >= 11 is 0. The second-order valence-electron chi connectivity index (χ2n) is 8.91. The molecule has 5 rings (SSSR count). The van der Waals surface area contributed by atoms with Gasteiger partial charge in [-0.25, -0.2) is 0 Å². The molecule has 0 aromatic heterocycles. The van der Waals surface area contributed by atoms with E-state index in [1.165, 1.54) is 16.8 Å². The van der Waals surface area contributed by atoms with Crippen molar-refractivity contribution < 1.29 is 9.47 Å². The molecule has 0 radical (unpaired) electrons. The lowest BCUT2D eigenvalue weighted by Crippen LogP contribution is -2.29. The summed E-state index contributed by atoms with van der Waals surface area (Å²) in [7, 11) is 0. The van der Waals surface area contributed by atoms with Crippen molar-refractivity contribution in [3.05, 3.63) is 96.1 Å². The summed E-state index contributed by atoms with van der Waals surface area (Å²) in [5, 5.41) is 3.81. The summed E-state index contributed by atoms with van der Waals surface area (Å²) < 4.78 is 12.0. The minimum atomic E-state index is 0.285. The molecule has 0 bridgehead atoms. The fraction of sp³-hybridized carbons (Fsp3) is 0.286. The zero-order valence-electron chi connectivity index (χ0n) is 18.1. The van der Waals surface area contributed by atoms with Gasteiger partial charge >= 0.3 is 0 Å². The van der Waals surface area contributed by atoms with Crippen molar-refractivity contribution in [2.24, 2.45) is 11.8 Å². The van der Waals surface area contributed by atoms with Gasteiger partial charge in [-0.15, -0.1) is 0 Å². The SMILES string of the molecule is CC(C)COc1ccc([C@@H]2Nc3ccc(Oc4ccccc4)cc3[C@@H]3C=CC[C@@H]32)cc1. The molecule has 0 saturated heterocycles. The van der Waals surface area contributed by atoms with Crippen molar-refractivity contribution in [2.45, 2.75) is 32.2 Å². The molecular formula is C28H29NO2. The smallest absolute Gasteiger partial charge is 0.127 e. The minimum absolute atomic E-state index is 0.285. The Balaban J connectivity index is 1.38. The van der Waals surface area contributed by atoms with Gasteiger partial charge in [0.05, 0.1) is 12.6 Å². The molecule has 3 heteroatoms. The van der Waals surface area contributed by atoms with Crippen molar-refractivity contribution in [3.63, 3.8) is 0 Å². The molecule has 1 aliphatic heterocycles. The van der Waals surface area contributed by atoms with Crippen molar-refractivity contribution in [1.29, 1.82) is 0 Å². The van der Waals surface area contributed by atoms with Crippen LogP contribution in [0.5, 0.6) is 17.2 Å². The number of hydrogen-bond acceptors (Lipinski definition) is 3. The van der Waals surface area contributed by atoms with E-state index in [0.717, 1.165) is 30.3 Å². The van der Waals surface area contributed by atoms with Crippen LogP contribution in [0.15, 0.2) is 84.9 Å². The highest BCUT2D eigenvalue weighted by atomic mass is 16.5. The van der Waals surface area contributed by atoms with Gasteiger partial charge in [0.1, 0.15) is 17.2 Å². The lowest BCUT2D eigenvalue weighted by Gasteiger charge is -2.37. The average Bonchev–Trinajstić information content (AvgIpc) is 3.29. The molecule has 1 aliphatic carbocycles. The first-order valence-corrected chi connectivity index (χ1v) is 11.2. The lowest BCUT2D eigenvalue weighted by atomic mass is 9.77. The van der Waals surface area contributed by atoms with Crippen molar-refractivity contribution in [2.75, 3.05) is 11.9 Å². The normalized spacial score (nSPS) is 21.3. The van der Waals surface area contributed by atoms with Crippen LogP contribution >= 0.6 is 0 Å². The number of allylic oxidation sites excluding steroid dienone is 2. The van der Waals surface area contributed by atoms with Crippen LogP contribution in [-0.2, 0) is 0 Å². The maximum atomic E-state index is 6.09. The minimum Gasteiger partial charge on any atom is -0.493 e. The van der Waals surface area contributed by atoms with Crippen LogP contribution in [0.2, 0.25) is 0 Å². The number of anilines is 1. The molecule has 3 atom stereocenters. The van der Waals surface area contributed by atoms with Crippen LogP contribution in [0.4, 0.5) is 5.69 Å². The summed E-state index contributed by atoms with van der Waals surface area (Å²) in [6.45, 7) is 5.08. The van der Waals surface area contributed by atoms with Gasteiger partial charge in [0.15, 0.2) is 0 Å². The molecular weight excluding hydrogens is 382 g/mol. The van der Waals surface area contributed by atoms with Gasteiger partial charge in [-0.1, -0.05) is 56.3 Å². The molecule has 0 spiro atoms. The first-order valence-electron chi connectivity index (χ1n) is 11.2. The summed E-state index contributed by atoms with van der Waals surface area (Å²) in [6.07, 6.45) is 5.77. The number of fused-ring (bicyclic) bond motifs is 3. The van der Waals surface area contributed by atoms with Crippen LogP contribution in [0.1, 0.15) is 43.4 Å². The predicted octanol–water partition coefficient (Wildman–Crippen LogP) is 7.34. The van der Waals surface area contributed by atoms with Gasteiger partial charge in [-0.3, -0.25) is 0 Å². The van der Waals surface area contributed by atoms with E-state index in [1.54, 1.807) is 0 Å². The molecule has 0 fully saturated rings. The number of hydrogen-bond donors (Lipinski definition) is 1. The summed E-state index contributed by atoms with van der Waals surface area (Å²) in [4.78, 5) is 0. The molecule has 158 valence electrons. The highest BCUT2D eigenvalue weighted by molar-refractivity contribution is 5.62. The quantitative estimate of drug-likeness (QED) is 0.430. The van der Waals surface area contributed by atoms with Crippen LogP contribution in [0, 0.1) is 11.8 Å². The Labute approximate surface area is 184 Å². The van der Waals surface area contributed by atoms with Gasteiger partial charge < -0.3 is 14.8 Å². The Morgan fingerprint density at radius 2 is 1.68 bits per heavy atom. The fourth-order valence-corrected chi connectivity index (χ4v) is 4.62. The molecule has 0 saturated carbocycles. The van der Waals surface area contributed by atoms with Crippen molar-refractivity contribution in [3.8, 4) is 17.2 Å². The number of benzene rings is 3. The van der Waals surface area contributed by atoms with E-state index < -0.39 is 0 Å². The third kappa shape index (κ3) is 4.18. The van der Waals surface area contributed by atoms with Gasteiger partial charge in [0.25, 0.3) is 0 Å². The highest BCUT2D eigenvalue weighted by Gasteiger charge is 2.38. The van der Waals surface area contributed by atoms with E-state index in [9.17, 15) is 0 Å². The largest absolute Gasteiger partial charge is 0.493 e. The summed E-state index contributed by atoms with van der Waals surface area (Å²) in [6, 6.07) is 25.3. The van der Waals surface area contributed by atoms with Gasteiger partial charge in [0, 0.05) is 11.6 Å². The molecule has 3 nitrogen and oxygen atoms in total. The topological polar surface area (TPSA) is 30.5 Å². The van der Waals surface area contributed by atoms with Crippen LogP contribution < -0.4 is 14.8 Å². The lowest BCUT2D eigenvalue weighted by molar-refractivity contribution is 0.271. The predicted molar refractivity (Wildman–Crippen MR) is 126 cm³/mol. The molecule has 1 heterocycles. The molecule has 3 aromatic rings. The van der Waals surface area contributed by atoms with E-state index in [2.05, 4.69) is 73.8 Å². The van der Waals surface area contributed by atoms with Crippen LogP contribution in [-0.4, -0.2) is 6.61 Å². The van der Waals surface area contributed by atoms with E-state index >= 15 is 0 Å². The van der Waals surface area contributed by atoms with E-state index in [4.69, 9.17) is 9.47 Å². The zero-order valence-corrected chi connectivity index (χ0v) is 18.1. The summed E-state index contributed by atoms with van der Waals surface area (Å²) in [5.41, 5.74) is 3.82. The van der Waals surface area contributed by atoms with E-state index in [-0.39, 0.29) is 6.04 Å². The second-order valence-corrected chi connectivity index (χ2v) is 8.91. The van der Waals surface area contributed by atoms with Crippen LogP contribution in [0.25, 0.3) is 0 Å². The van der Waals surface area contributed by atoms with E-state index in [1.807, 2.05) is 30.3 Å². The Kier molecular flexibility index (Phi) is 5.42. The van der Waals surface area contributed by atoms with Gasteiger partial charge in [-0.05, 0) is 71.8 Å². The Morgan fingerprint density at radius 3 is 2.45 bits per heavy atom. The zero-order chi connectivity index (χ0) is 21.2. The standard InChI is InChI=1S/C28H29NO2/c1-19(2)18-30-21-13-11-20(12-14-21)28-25-10-6-9-24(25)26-17-23(15-16-27(26)29-28)31-22-7-4-3-5-8-22/h3-9,11-17,19,24-25,28-29H,10,18H2,1-2H3/t24-,25+,28+/m1/s1. The third-order valence-electron chi connectivity index (χ3n) is 6.14. The monoisotopic (exact) mass is 411 g/mol. The number of rotatable bonds is 6. The Morgan fingerprint density at radius 1 is 0.903 bits per heavy atom. The number of nitrogens with one attached hydrogen (secondary N) is 1. The Hall–Kier alpha value is -3.20. The Bertz CT molecular complexity index is 1060. The molecule has 1 N–H and O–H groups in total. The third-order valence-corrected chi connectivity index (χ3v) is 6.14. The van der Waals surface area contributed by atoms with Crippen molar-refractivity contribution >= 4 is 5.69 Å². The second kappa shape index (κ2) is 8.50. The van der Waals surface area contributed by atoms with Gasteiger partial charge in [-0.2, -0.15) is 0 Å². The fourth-order valence-electron chi connectivity index (χ4n) is 4.62. The molecule has 2 aliphatic rings. The molecule has 0 unspecified atom stereocenters. The number of ether oxygens (including phenoxy) is 2. The van der Waals surface area contributed by atoms with Gasteiger partial charge in [0.2, 0.25) is 0 Å². The maximum absolute atomic E-state index is 6.09. The highest BCUT2D eigenvalue weighted by Crippen LogP contribution is 2.50. The first-order chi connectivity index (χ1) is 15.2. The maximum Gasteiger partial charge on any atom is 0.127 e. The molecule has 31 heavy (non-hydrogen) atoms. The van der Waals surface area contributed by atoms with Crippen LogP contribution in [0.3, 0.4) is 0 Å². The van der Waals surface area contributed by atoms with Crippen molar-refractivity contribution in [1.82, 2.24) is 0 Å². The first kappa shape index (κ1) is 19.7. The average molecular weight is 412 g/mol. The molecule has 0 amide bonds. The van der Waals surface area contributed by atoms with E-state index in [0.29, 0.717) is 17.8 Å². The summed E-state index contributed by atoms with van der Waals surface area (Å²) in [5.74, 6) is 4.12.